The van der Waals surface area contributed by atoms with Gasteiger partial charge in [0.1, 0.15) is 6.04 Å². The van der Waals surface area contributed by atoms with Crippen LogP contribution in [0.5, 0.6) is 0 Å². The Hall–Kier alpha value is -1.79. The van der Waals surface area contributed by atoms with Crippen LogP contribution in [0.25, 0.3) is 0 Å². The molecule has 0 aromatic rings. The van der Waals surface area contributed by atoms with Crippen LogP contribution in [0.4, 0.5) is 4.79 Å². The number of esters is 1. The Morgan fingerprint density at radius 2 is 2.10 bits per heavy atom. The number of hydrogen-bond acceptors (Lipinski definition) is 4. The maximum absolute atomic E-state index is 12.2. The number of ether oxygens (including phenoxy) is 1. The SMILES string of the molecule is CCC1CCCCN1C(=O)N[C@@H](CC(=O)OC)C(=O)O. The van der Waals surface area contributed by atoms with E-state index in [-0.39, 0.29) is 12.5 Å². The van der Waals surface area contributed by atoms with Crippen molar-refractivity contribution in [1.82, 2.24) is 10.2 Å². The average Bonchev–Trinajstić information content (AvgIpc) is 2.45. The first-order chi connectivity index (χ1) is 9.49. The quantitative estimate of drug-likeness (QED) is 0.734. The van der Waals surface area contributed by atoms with Crippen LogP contribution < -0.4 is 5.32 Å². The summed E-state index contributed by atoms with van der Waals surface area (Å²) >= 11 is 0. The Bertz CT molecular complexity index is 372. The summed E-state index contributed by atoms with van der Waals surface area (Å²) in [4.78, 5) is 36.0. The first-order valence-corrected chi connectivity index (χ1v) is 6.86. The van der Waals surface area contributed by atoms with Crippen molar-refractivity contribution in [3.8, 4) is 0 Å². The van der Waals surface area contributed by atoms with Gasteiger partial charge in [0.2, 0.25) is 0 Å². The number of aliphatic carboxylic acids is 1. The molecule has 0 saturated carbocycles. The number of carbonyl (C=O) groups excluding carboxylic acids is 2. The van der Waals surface area contributed by atoms with Crippen molar-refractivity contribution in [3.63, 3.8) is 0 Å². The zero-order valence-electron chi connectivity index (χ0n) is 11.9. The number of rotatable bonds is 5. The minimum atomic E-state index is -1.26. The number of likely N-dealkylation sites (tertiary alicyclic amines) is 1. The lowest BCUT2D eigenvalue weighted by Crippen LogP contribution is -2.53. The summed E-state index contributed by atoms with van der Waals surface area (Å²) in [5, 5.41) is 11.4. The van der Waals surface area contributed by atoms with Crippen LogP contribution >= 0.6 is 0 Å². The molecule has 7 heteroatoms. The van der Waals surface area contributed by atoms with Gasteiger partial charge in [-0.1, -0.05) is 6.92 Å². The number of nitrogens with zero attached hydrogens (tertiary/aromatic N) is 1. The Morgan fingerprint density at radius 1 is 1.40 bits per heavy atom. The molecule has 1 heterocycles. The van der Waals surface area contributed by atoms with Gasteiger partial charge in [-0.15, -0.1) is 0 Å². The molecule has 1 fully saturated rings. The van der Waals surface area contributed by atoms with E-state index in [0.717, 1.165) is 25.7 Å². The zero-order valence-corrected chi connectivity index (χ0v) is 11.9. The lowest BCUT2D eigenvalue weighted by atomic mass is 10.0. The lowest BCUT2D eigenvalue weighted by Gasteiger charge is -2.35. The molecule has 2 N–H and O–H groups in total. The molecule has 114 valence electrons. The summed E-state index contributed by atoms with van der Waals surface area (Å²) in [6, 6.07) is -1.54. The molecule has 0 aliphatic carbocycles. The molecule has 2 atom stereocenters. The van der Waals surface area contributed by atoms with E-state index in [4.69, 9.17) is 5.11 Å². The van der Waals surface area contributed by atoms with Crippen LogP contribution in [0.15, 0.2) is 0 Å². The van der Waals surface area contributed by atoms with Gasteiger partial charge in [-0.25, -0.2) is 9.59 Å². The molecule has 1 rings (SSSR count). The van der Waals surface area contributed by atoms with Crippen molar-refractivity contribution in [3.05, 3.63) is 0 Å². The third kappa shape index (κ3) is 4.40. The van der Waals surface area contributed by atoms with Gasteiger partial charge < -0.3 is 20.1 Å². The number of hydrogen-bond donors (Lipinski definition) is 2. The van der Waals surface area contributed by atoms with E-state index in [0.29, 0.717) is 6.54 Å². The van der Waals surface area contributed by atoms with Crippen LogP contribution in [0.1, 0.15) is 39.0 Å². The van der Waals surface area contributed by atoms with Crippen LogP contribution in [0.3, 0.4) is 0 Å². The molecule has 7 nitrogen and oxygen atoms in total. The molecule has 0 aromatic heterocycles. The molecule has 2 amide bonds. The molecule has 20 heavy (non-hydrogen) atoms. The number of amides is 2. The maximum Gasteiger partial charge on any atom is 0.326 e. The van der Waals surface area contributed by atoms with Crippen LogP contribution in [-0.4, -0.2) is 53.7 Å². The van der Waals surface area contributed by atoms with Crippen LogP contribution in [-0.2, 0) is 14.3 Å². The minimum absolute atomic E-state index is 0.135. The number of carboxylic acid groups (broad SMARTS) is 1. The fourth-order valence-corrected chi connectivity index (χ4v) is 2.37. The second kappa shape index (κ2) is 7.72. The maximum atomic E-state index is 12.2. The fourth-order valence-electron chi connectivity index (χ4n) is 2.37. The largest absolute Gasteiger partial charge is 0.480 e. The standard InChI is InChI=1S/C13H22N2O5/c1-3-9-6-4-5-7-15(9)13(19)14-10(12(17)18)8-11(16)20-2/h9-10H,3-8H2,1-2H3,(H,14,19)(H,17,18)/t9?,10-/m0/s1. The van der Waals surface area contributed by atoms with E-state index in [1.807, 2.05) is 6.92 Å². The third-order valence-corrected chi connectivity index (χ3v) is 3.55. The molecule has 1 unspecified atom stereocenters. The second-order valence-electron chi connectivity index (χ2n) is 4.87. The Kier molecular flexibility index (Phi) is 6.27. The predicted octanol–water partition coefficient (Wildman–Crippen LogP) is 0.977. The summed E-state index contributed by atoms with van der Waals surface area (Å²) in [5.74, 6) is -1.91. The van der Waals surface area contributed by atoms with E-state index < -0.39 is 24.0 Å². The van der Waals surface area contributed by atoms with Gasteiger partial charge >= 0.3 is 18.0 Å². The van der Waals surface area contributed by atoms with E-state index >= 15 is 0 Å². The van der Waals surface area contributed by atoms with E-state index in [1.54, 1.807) is 4.90 Å². The molecular weight excluding hydrogens is 264 g/mol. The monoisotopic (exact) mass is 286 g/mol. The number of methoxy groups -OCH3 is 1. The average molecular weight is 286 g/mol. The first-order valence-electron chi connectivity index (χ1n) is 6.86. The fraction of sp³-hybridized carbons (Fsp3) is 0.769. The predicted molar refractivity (Wildman–Crippen MR) is 71.2 cm³/mol. The number of urea groups is 1. The van der Waals surface area contributed by atoms with Gasteiger partial charge in [-0.3, -0.25) is 4.79 Å². The van der Waals surface area contributed by atoms with Gasteiger partial charge in [-0.2, -0.15) is 0 Å². The normalized spacial score (nSPS) is 20.1. The molecular formula is C13H22N2O5. The van der Waals surface area contributed by atoms with Gasteiger partial charge in [0, 0.05) is 12.6 Å². The lowest BCUT2D eigenvalue weighted by molar-refractivity contribution is -0.147. The highest BCUT2D eigenvalue weighted by Crippen LogP contribution is 2.19. The highest BCUT2D eigenvalue weighted by atomic mass is 16.5. The van der Waals surface area contributed by atoms with Crippen molar-refractivity contribution in [2.24, 2.45) is 0 Å². The Morgan fingerprint density at radius 3 is 2.65 bits per heavy atom. The molecule has 1 saturated heterocycles. The number of carbonyl (C=O) groups is 3. The third-order valence-electron chi connectivity index (χ3n) is 3.55. The van der Waals surface area contributed by atoms with Crippen molar-refractivity contribution >= 4 is 18.0 Å². The van der Waals surface area contributed by atoms with E-state index in [2.05, 4.69) is 10.1 Å². The summed E-state index contributed by atoms with van der Waals surface area (Å²) in [7, 11) is 1.18. The number of nitrogens with one attached hydrogen (secondary N) is 1. The van der Waals surface area contributed by atoms with Crippen molar-refractivity contribution < 1.29 is 24.2 Å². The summed E-state index contributed by atoms with van der Waals surface area (Å²) in [6.45, 7) is 2.62. The van der Waals surface area contributed by atoms with Gasteiger partial charge in [-0.05, 0) is 25.7 Å². The summed E-state index contributed by atoms with van der Waals surface area (Å²) < 4.78 is 4.43. The number of piperidine rings is 1. The van der Waals surface area contributed by atoms with Crippen LogP contribution in [0.2, 0.25) is 0 Å². The Labute approximate surface area is 118 Å². The minimum Gasteiger partial charge on any atom is -0.480 e. The van der Waals surface area contributed by atoms with Crippen molar-refractivity contribution in [2.45, 2.75) is 51.1 Å². The van der Waals surface area contributed by atoms with Gasteiger partial charge in [0.15, 0.2) is 0 Å². The van der Waals surface area contributed by atoms with E-state index in [9.17, 15) is 14.4 Å². The molecule has 0 spiro atoms. The topological polar surface area (TPSA) is 95.9 Å². The Balaban J connectivity index is 2.64. The van der Waals surface area contributed by atoms with Crippen LogP contribution in [0, 0.1) is 0 Å². The van der Waals surface area contributed by atoms with Crippen molar-refractivity contribution in [2.75, 3.05) is 13.7 Å². The highest BCUT2D eigenvalue weighted by molar-refractivity contribution is 5.86. The highest BCUT2D eigenvalue weighted by Gasteiger charge is 2.30. The van der Waals surface area contributed by atoms with Gasteiger partial charge in [0.05, 0.1) is 13.5 Å². The molecule has 1 aliphatic rings. The second-order valence-corrected chi connectivity index (χ2v) is 4.87. The van der Waals surface area contributed by atoms with Crippen molar-refractivity contribution in [1.29, 1.82) is 0 Å². The molecule has 0 aromatic carbocycles. The molecule has 0 bridgehead atoms. The molecule has 0 radical (unpaired) electrons. The zero-order chi connectivity index (χ0) is 15.1. The smallest absolute Gasteiger partial charge is 0.326 e. The summed E-state index contributed by atoms with van der Waals surface area (Å²) in [5.41, 5.74) is 0. The number of carboxylic acids is 1. The first kappa shape index (κ1) is 16.3. The van der Waals surface area contributed by atoms with Gasteiger partial charge in [0.25, 0.3) is 0 Å². The summed E-state index contributed by atoms with van der Waals surface area (Å²) in [6.07, 6.45) is 3.38. The molecule has 1 aliphatic heterocycles. The van der Waals surface area contributed by atoms with E-state index in [1.165, 1.54) is 7.11 Å².